The Labute approximate surface area is 174 Å². The summed E-state index contributed by atoms with van der Waals surface area (Å²) in [5, 5.41) is 3.16. The average Bonchev–Trinajstić information content (AvgIpc) is 3.46. The van der Waals surface area contributed by atoms with Crippen LogP contribution in [0.15, 0.2) is 47.4 Å². The summed E-state index contributed by atoms with van der Waals surface area (Å²) in [4.78, 5) is 24.8. The molecule has 1 amide bonds. The first-order valence-corrected chi connectivity index (χ1v) is 10.9. The fraction of sp³-hybridized carbons (Fsp3) is 0.300. The van der Waals surface area contributed by atoms with Crippen molar-refractivity contribution in [3.63, 3.8) is 0 Å². The molecular formula is C20H21ClN2O5S. The number of sulfonamides is 1. The third kappa shape index (κ3) is 5.56. The molecule has 1 fully saturated rings. The normalized spacial score (nSPS) is 14.9. The number of carbonyl (C=O) groups excluding carboxylic acids is 2. The molecule has 0 heterocycles. The molecular weight excluding hydrogens is 416 g/mol. The van der Waals surface area contributed by atoms with Gasteiger partial charge in [0.2, 0.25) is 10.0 Å². The summed E-state index contributed by atoms with van der Waals surface area (Å²) >= 11 is 5.81. The largest absolute Gasteiger partial charge is 0.449 e. The Hall–Kier alpha value is -2.42. The first-order valence-electron chi connectivity index (χ1n) is 9.06. The molecule has 0 saturated heterocycles. The van der Waals surface area contributed by atoms with Crippen molar-refractivity contribution in [1.82, 2.24) is 4.72 Å². The van der Waals surface area contributed by atoms with Crippen molar-refractivity contribution in [2.45, 2.75) is 43.7 Å². The van der Waals surface area contributed by atoms with E-state index in [1.54, 1.807) is 31.2 Å². The summed E-state index contributed by atoms with van der Waals surface area (Å²) in [6, 6.07) is 10.7. The number of nitrogens with one attached hydrogen (secondary N) is 2. The number of anilines is 1. The summed E-state index contributed by atoms with van der Waals surface area (Å²) in [5.74, 6) is -1.29. The summed E-state index contributed by atoms with van der Waals surface area (Å²) in [6.07, 6.45) is 0.530. The van der Waals surface area contributed by atoms with Crippen LogP contribution in [0.25, 0.3) is 0 Å². The summed E-state index contributed by atoms with van der Waals surface area (Å²) < 4.78 is 32.6. The van der Waals surface area contributed by atoms with E-state index in [2.05, 4.69) is 10.0 Å². The molecule has 154 valence electrons. The van der Waals surface area contributed by atoms with Gasteiger partial charge in [0, 0.05) is 16.8 Å². The number of hydrogen-bond donors (Lipinski definition) is 2. The van der Waals surface area contributed by atoms with Crippen LogP contribution in [-0.4, -0.2) is 32.4 Å². The quantitative estimate of drug-likeness (QED) is 0.648. The maximum atomic E-state index is 12.6. The van der Waals surface area contributed by atoms with Gasteiger partial charge in [-0.25, -0.2) is 17.9 Å². The van der Waals surface area contributed by atoms with Gasteiger partial charge in [-0.2, -0.15) is 0 Å². The second kappa shape index (κ2) is 8.52. The Morgan fingerprint density at radius 1 is 1.14 bits per heavy atom. The Kier molecular flexibility index (Phi) is 6.26. The van der Waals surface area contributed by atoms with Gasteiger partial charge in [-0.15, -0.1) is 0 Å². The standard InChI is InChI=1S/C20H21ClN2O5S/c1-12-3-10-17(29(26,27)23-16-8-9-16)11-18(12)20(25)28-13(2)19(24)22-15-6-4-14(21)5-7-15/h3-7,10-11,13,16,23H,8-9H2,1-2H3,(H,22,24). The lowest BCUT2D eigenvalue weighted by Gasteiger charge is -2.15. The number of amides is 1. The van der Waals surface area contributed by atoms with Crippen LogP contribution in [0.4, 0.5) is 5.69 Å². The molecule has 9 heteroatoms. The monoisotopic (exact) mass is 436 g/mol. The molecule has 0 aliphatic heterocycles. The van der Waals surface area contributed by atoms with Gasteiger partial charge in [0.25, 0.3) is 5.91 Å². The molecule has 2 aromatic carbocycles. The molecule has 1 saturated carbocycles. The van der Waals surface area contributed by atoms with E-state index < -0.39 is 28.0 Å². The molecule has 0 radical (unpaired) electrons. The fourth-order valence-corrected chi connectivity index (χ4v) is 3.99. The number of esters is 1. The minimum atomic E-state index is -3.71. The molecule has 29 heavy (non-hydrogen) atoms. The first-order chi connectivity index (χ1) is 13.7. The molecule has 7 nitrogen and oxygen atoms in total. The summed E-state index contributed by atoms with van der Waals surface area (Å²) in [7, 11) is -3.71. The van der Waals surface area contributed by atoms with Gasteiger partial charge < -0.3 is 10.1 Å². The van der Waals surface area contributed by atoms with Crippen LogP contribution in [-0.2, 0) is 19.6 Å². The predicted molar refractivity (Wildman–Crippen MR) is 109 cm³/mol. The Morgan fingerprint density at radius 2 is 1.79 bits per heavy atom. The van der Waals surface area contributed by atoms with Gasteiger partial charge in [0.05, 0.1) is 10.5 Å². The van der Waals surface area contributed by atoms with Crippen LogP contribution in [0.5, 0.6) is 0 Å². The highest BCUT2D eigenvalue weighted by molar-refractivity contribution is 7.89. The number of benzene rings is 2. The lowest BCUT2D eigenvalue weighted by molar-refractivity contribution is -0.123. The van der Waals surface area contributed by atoms with Crippen LogP contribution in [0.2, 0.25) is 5.02 Å². The van der Waals surface area contributed by atoms with E-state index in [0.717, 1.165) is 12.8 Å². The molecule has 1 atom stereocenters. The van der Waals surface area contributed by atoms with E-state index in [4.69, 9.17) is 16.3 Å². The van der Waals surface area contributed by atoms with Crippen molar-refractivity contribution >= 4 is 39.2 Å². The van der Waals surface area contributed by atoms with Gasteiger partial charge in [0.15, 0.2) is 6.10 Å². The molecule has 2 aromatic rings. The van der Waals surface area contributed by atoms with E-state index in [0.29, 0.717) is 16.3 Å². The number of hydrogen-bond acceptors (Lipinski definition) is 5. The summed E-state index contributed by atoms with van der Waals surface area (Å²) in [5.41, 5.74) is 1.15. The van der Waals surface area contributed by atoms with Crippen molar-refractivity contribution in [3.05, 3.63) is 58.6 Å². The SMILES string of the molecule is Cc1ccc(S(=O)(=O)NC2CC2)cc1C(=O)OC(C)C(=O)Nc1ccc(Cl)cc1. The molecule has 0 spiro atoms. The van der Waals surface area contributed by atoms with Gasteiger partial charge in [-0.3, -0.25) is 4.79 Å². The van der Waals surface area contributed by atoms with Crippen LogP contribution < -0.4 is 10.0 Å². The van der Waals surface area contributed by atoms with E-state index >= 15 is 0 Å². The Morgan fingerprint density at radius 3 is 2.41 bits per heavy atom. The van der Waals surface area contributed by atoms with Gasteiger partial charge in [0.1, 0.15) is 0 Å². The zero-order valence-electron chi connectivity index (χ0n) is 15.9. The third-order valence-electron chi connectivity index (χ3n) is 4.40. The topological polar surface area (TPSA) is 102 Å². The number of carbonyl (C=O) groups is 2. The maximum absolute atomic E-state index is 12.6. The zero-order chi connectivity index (χ0) is 21.2. The lowest BCUT2D eigenvalue weighted by Crippen LogP contribution is -2.30. The van der Waals surface area contributed by atoms with Gasteiger partial charge in [-0.05, 0) is 68.7 Å². The minimum Gasteiger partial charge on any atom is -0.449 e. The molecule has 3 rings (SSSR count). The van der Waals surface area contributed by atoms with Crippen molar-refractivity contribution in [2.75, 3.05) is 5.32 Å². The van der Waals surface area contributed by atoms with Crippen molar-refractivity contribution < 1.29 is 22.7 Å². The Balaban J connectivity index is 1.69. The first kappa shape index (κ1) is 21.3. The van der Waals surface area contributed by atoms with Crippen LogP contribution in [0, 0.1) is 6.92 Å². The van der Waals surface area contributed by atoms with E-state index in [-0.39, 0.29) is 16.5 Å². The van der Waals surface area contributed by atoms with E-state index in [1.165, 1.54) is 25.1 Å². The van der Waals surface area contributed by atoms with Crippen LogP contribution in [0.1, 0.15) is 35.7 Å². The lowest BCUT2D eigenvalue weighted by atomic mass is 10.1. The molecule has 0 aromatic heterocycles. The number of aryl methyl sites for hydroxylation is 1. The summed E-state index contributed by atoms with van der Waals surface area (Å²) in [6.45, 7) is 3.10. The molecule has 2 N–H and O–H groups in total. The second-order valence-electron chi connectivity index (χ2n) is 6.92. The molecule has 1 unspecified atom stereocenters. The highest BCUT2D eigenvalue weighted by atomic mass is 35.5. The van der Waals surface area contributed by atoms with Crippen molar-refractivity contribution in [3.8, 4) is 0 Å². The fourth-order valence-electron chi connectivity index (χ4n) is 2.53. The van der Waals surface area contributed by atoms with Gasteiger partial charge in [-0.1, -0.05) is 17.7 Å². The number of ether oxygens (including phenoxy) is 1. The second-order valence-corrected chi connectivity index (χ2v) is 9.07. The number of rotatable bonds is 7. The third-order valence-corrected chi connectivity index (χ3v) is 6.17. The predicted octanol–water partition coefficient (Wildman–Crippen LogP) is 3.27. The zero-order valence-corrected chi connectivity index (χ0v) is 17.5. The van der Waals surface area contributed by atoms with Crippen molar-refractivity contribution in [1.29, 1.82) is 0 Å². The van der Waals surface area contributed by atoms with E-state index in [9.17, 15) is 18.0 Å². The molecule has 1 aliphatic rings. The maximum Gasteiger partial charge on any atom is 0.339 e. The van der Waals surface area contributed by atoms with Crippen molar-refractivity contribution in [2.24, 2.45) is 0 Å². The van der Waals surface area contributed by atoms with Crippen LogP contribution in [0.3, 0.4) is 0 Å². The molecule has 1 aliphatic carbocycles. The highest BCUT2D eigenvalue weighted by Crippen LogP contribution is 2.23. The van der Waals surface area contributed by atoms with E-state index in [1.807, 2.05) is 0 Å². The highest BCUT2D eigenvalue weighted by Gasteiger charge is 2.29. The van der Waals surface area contributed by atoms with Crippen LogP contribution >= 0.6 is 11.6 Å². The minimum absolute atomic E-state index is 0.0137. The smallest absolute Gasteiger partial charge is 0.339 e. The molecule has 0 bridgehead atoms. The Bertz CT molecular complexity index is 1030. The number of halogens is 1. The average molecular weight is 437 g/mol. The van der Waals surface area contributed by atoms with Gasteiger partial charge >= 0.3 is 5.97 Å².